The fraction of sp³-hybridized carbons (Fsp3) is 0.733. The molecule has 0 aromatic carbocycles. The molecule has 1 aliphatic rings. The fourth-order valence-electron chi connectivity index (χ4n) is 2.73. The van der Waals surface area contributed by atoms with Crippen LogP contribution in [0.5, 0.6) is 0 Å². The van der Waals surface area contributed by atoms with Crippen molar-refractivity contribution in [1.29, 1.82) is 0 Å². The number of hydrogen-bond acceptors (Lipinski definition) is 5. The van der Waals surface area contributed by atoms with Crippen molar-refractivity contribution in [2.24, 2.45) is 5.92 Å². The molecule has 0 saturated heterocycles. The van der Waals surface area contributed by atoms with E-state index >= 15 is 0 Å². The van der Waals surface area contributed by atoms with Gasteiger partial charge in [-0.3, -0.25) is 5.32 Å². The van der Waals surface area contributed by atoms with Crippen molar-refractivity contribution < 1.29 is 9.26 Å². The second-order valence-corrected chi connectivity index (χ2v) is 5.13. The summed E-state index contributed by atoms with van der Waals surface area (Å²) in [5, 5.41) is 7.13. The molecule has 1 heterocycles. The van der Waals surface area contributed by atoms with Crippen LogP contribution in [0.3, 0.4) is 0 Å². The Hall–Kier alpha value is -1.38. The van der Waals surface area contributed by atoms with Gasteiger partial charge in [0.2, 0.25) is 11.7 Å². The minimum atomic E-state index is -0.0366. The molecule has 1 saturated carbocycles. The molecule has 0 amide bonds. The molecule has 1 aromatic rings. The Bertz CT molecular complexity index is 433. The van der Waals surface area contributed by atoms with Crippen LogP contribution in [0.15, 0.2) is 4.52 Å². The number of ether oxygens (including phenoxy) is 1. The van der Waals surface area contributed by atoms with E-state index in [-0.39, 0.29) is 6.10 Å². The summed E-state index contributed by atoms with van der Waals surface area (Å²) in [7, 11) is 0. The highest BCUT2D eigenvalue weighted by Gasteiger charge is 2.29. The average Bonchev–Trinajstić information content (AvgIpc) is 2.94. The van der Waals surface area contributed by atoms with E-state index < -0.39 is 0 Å². The molecular weight excluding hydrogens is 254 g/mol. The maximum atomic E-state index is 5.87. The Morgan fingerprint density at radius 2 is 2.25 bits per heavy atom. The largest absolute Gasteiger partial charge is 0.370 e. The first-order chi connectivity index (χ1) is 9.85. The van der Waals surface area contributed by atoms with Gasteiger partial charge in [-0.2, -0.15) is 4.98 Å². The summed E-state index contributed by atoms with van der Waals surface area (Å²) in [5.41, 5.74) is 0. The van der Waals surface area contributed by atoms with Gasteiger partial charge >= 0.3 is 0 Å². The van der Waals surface area contributed by atoms with E-state index in [9.17, 15) is 0 Å². The topological polar surface area (TPSA) is 60.2 Å². The van der Waals surface area contributed by atoms with E-state index in [2.05, 4.69) is 21.4 Å². The number of terminal acetylenes is 1. The van der Waals surface area contributed by atoms with Crippen LogP contribution in [-0.4, -0.2) is 23.3 Å². The summed E-state index contributed by atoms with van der Waals surface area (Å²) in [5.74, 6) is 4.26. The maximum Gasteiger partial charge on any atom is 0.240 e. The third-order valence-electron chi connectivity index (χ3n) is 3.67. The Morgan fingerprint density at radius 1 is 1.45 bits per heavy atom. The lowest BCUT2D eigenvalue weighted by molar-refractivity contribution is -0.00145. The van der Waals surface area contributed by atoms with Crippen molar-refractivity contribution in [2.75, 3.05) is 13.2 Å². The van der Waals surface area contributed by atoms with Crippen LogP contribution in [0.4, 0.5) is 0 Å². The van der Waals surface area contributed by atoms with Crippen LogP contribution in [0, 0.1) is 18.3 Å². The maximum absolute atomic E-state index is 5.87. The first-order valence-corrected chi connectivity index (χ1v) is 7.43. The summed E-state index contributed by atoms with van der Waals surface area (Å²) in [6.45, 7) is 3.67. The predicted molar refractivity (Wildman–Crippen MR) is 75.8 cm³/mol. The smallest absolute Gasteiger partial charge is 0.240 e. The Balaban J connectivity index is 1.99. The molecule has 1 fully saturated rings. The van der Waals surface area contributed by atoms with E-state index in [4.69, 9.17) is 15.7 Å². The molecule has 20 heavy (non-hydrogen) atoms. The fourth-order valence-corrected chi connectivity index (χ4v) is 2.73. The molecule has 0 radical (unpaired) electrons. The van der Waals surface area contributed by atoms with Crippen molar-refractivity contribution in [3.05, 3.63) is 11.7 Å². The summed E-state index contributed by atoms with van der Waals surface area (Å²) in [6, 6.07) is 0. The highest BCUT2D eigenvalue weighted by atomic mass is 16.5. The number of aromatic nitrogens is 2. The first kappa shape index (κ1) is 15.0. The van der Waals surface area contributed by atoms with Crippen LogP contribution in [0.2, 0.25) is 0 Å². The van der Waals surface area contributed by atoms with E-state index in [0.29, 0.717) is 37.3 Å². The average molecular weight is 277 g/mol. The Kier molecular flexibility index (Phi) is 6.03. The lowest BCUT2D eigenvalue weighted by Crippen LogP contribution is -2.20. The lowest BCUT2D eigenvalue weighted by atomic mass is 9.85. The zero-order chi connectivity index (χ0) is 14.2. The molecular formula is C15H23N3O2. The Labute approximate surface area is 120 Å². The minimum Gasteiger partial charge on any atom is -0.370 e. The van der Waals surface area contributed by atoms with Gasteiger partial charge in [0.15, 0.2) is 0 Å². The second-order valence-electron chi connectivity index (χ2n) is 5.13. The van der Waals surface area contributed by atoms with Crippen molar-refractivity contribution in [3.63, 3.8) is 0 Å². The third-order valence-corrected chi connectivity index (χ3v) is 3.67. The van der Waals surface area contributed by atoms with Gasteiger partial charge in [-0.05, 0) is 25.7 Å². The summed E-state index contributed by atoms with van der Waals surface area (Å²) in [6.07, 6.45) is 11.4. The van der Waals surface area contributed by atoms with Gasteiger partial charge in [-0.25, -0.2) is 0 Å². The SMILES string of the molecule is C#CCNCc1nc(C(OCC)C2CCCCC2)no1. The molecule has 1 N–H and O–H groups in total. The van der Waals surface area contributed by atoms with Crippen molar-refractivity contribution in [2.45, 2.75) is 51.7 Å². The minimum absolute atomic E-state index is 0.0366. The van der Waals surface area contributed by atoms with Crippen LogP contribution in [-0.2, 0) is 11.3 Å². The van der Waals surface area contributed by atoms with Gasteiger partial charge in [0, 0.05) is 6.61 Å². The Morgan fingerprint density at radius 3 is 2.95 bits per heavy atom. The van der Waals surface area contributed by atoms with E-state index in [1.807, 2.05) is 6.92 Å². The molecule has 110 valence electrons. The van der Waals surface area contributed by atoms with Gasteiger partial charge < -0.3 is 9.26 Å². The molecule has 1 aromatic heterocycles. The molecule has 0 aliphatic heterocycles. The molecule has 0 bridgehead atoms. The molecule has 5 nitrogen and oxygen atoms in total. The number of nitrogens with one attached hydrogen (secondary N) is 1. The monoisotopic (exact) mass is 277 g/mol. The van der Waals surface area contributed by atoms with Gasteiger partial charge in [0.05, 0.1) is 13.1 Å². The molecule has 2 rings (SSSR count). The zero-order valence-corrected chi connectivity index (χ0v) is 12.1. The summed E-state index contributed by atoms with van der Waals surface area (Å²) in [4.78, 5) is 4.44. The van der Waals surface area contributed by atoms with Crippen molar-refractivity contribution in [1.82, 2.24) is 15.5 Å². The first-order valence-electron chi connectivity index (χ1n) is 7.43. The van der Waals surface area contributed by atoms with E-state index in [1.165, 1.54) is 32.1 Å². The second kappa shape index (κ2) is 8.03. The molecule has 1 aliphatic carbocycles. The van der Waals surface area contributed by atoms with Gasteiger partial charge in [0.1, 0.15) is 6.10 Å². The highest BCUT2D eigenvalue weighted by molar-refractivity contribution is 4.96. The van der Waals surface area contributed by atoms with Gasteiger partial charge in [0.25, 0.3) is 0 Å². The van der Waals surface area contributed by atoms with Gasteiger partial charge in [-0.1, -0.05) is 30.3 Å². The van der Waals surface area contributed by atoms with Crippen LogP contribution in [0.25, 0.3) is 0 Å². The lowest BCUT2D eigenvalue weighted by Gasteiger charge is -2.27. The van der Waals surface area contributed by atoms with E-state index in [0.717, 1.165) is 0 Å². The van der Waals surface area contributed by atoms with Crippen LogP contribution < -0.4 is 5.32 Å². The number of nitrogens with zero attached hydrogens (tertiary/aromatic N) is 2. The van der Waals surface area contributed by atoms with Crippen LogP contribution >= 0.6 is 0 Å². The molecule has 1 atom stereocenters. The molecule has 5 heteroatoms. The summed E-state index contributed by atoms with van der Waals surface area (Å²) < 4.78 is 11.1. The highest BCUT2D eigenvalue weighted by Crippen LogP contribution is 2.35. The number of rotatable bonds is 7. The number of hydrogen-bond donors (Lipinski definition) is 1. The van der Waals surface area contributed by atoms with E-state index in [1.54, 1.807) is 0 Å². The zero-order valence-electron chi connectivity index (χ0n) is 12.1. The quantitative estimate of drug-likeness (QED) is 0.613. The summed E-state index contributed by atoms with van der Waals surface area (Å²) >= 11 is 0. The normalized spacial score (nSPS) is 17.8. The standard InChI is InChI=1S/C15H23N3O2/c1-3-10-16-11-13-17-15(18-20-13)14(19-4-2)12-8-6-5-7-9-12/h1,12,14,16H,4-11H2,2H3. The predicted octanol–water partition coefficient (Wildman–Crippen LogP) is 2.45. The molecule has 0 spiro atoms. The van der Waals surface area contributed by atoms with Crippen molar-refractivity contribution >= 4 is 0 Å². The third kappa shape index (κ3) is 4.06. The van der Waals surface area contributed by atoms with Gasteiger partial charge in [-0.15, -0.1) is 6.42 Å². The van der Waals surface area contributed by atoms with Crippen LogP contribution in [0.1, 0.15) is 56.8 Å². The molecule has 1 unspecified atom stereocenters. The van der Waals surface area contributed by atoms with Crippen molar-refractivity contribution in [3.8, 4) is 12.3 Å².